The number of ether oxygens (including phenoxy) is 1. The van der Waals surface area contributed by atoms with Crippen molar-refractivity contribution in [3.05, 3.63) is 24.3 Å². The number of hydrogen-bond acceptors (Lipinski definition) is 3. The second kappa shape index (κ2) is 6.57. The Hall–Kier alpha value is -1.55. The fourth-order valence-electron chi connectivity index (χ4n) is 1.55. The highest BCUT2D eigenvalue weighted by molar-refractivity contribution is 5.91. The average Bonchev–Trinajstić information content (AvgIpc) is 2.28. The molecule has 0 heterocycles. The van der Waals surface area contributed by atoms with E-state index in [4.69, 9.17) is 10.5 Å². The van der Waals surface area contributed by atoms with Crippen LogP contribution >= 0.6 is 0 Å². The van der Waals surface area contributed by atoms with Gasteiger partial charge in [0.1, 0.15) is 5.75 Å². The number of nitrogens with two attached hydrogens (primary N) is 1. The van der Waals surface area contributed by atoms with Crippen molar-refractivity contribution >= 4 is 11.6 Å². The van der Waals surface area contributed by atoms with Gasteiger partial charge in [0.2, 0.25) is 5.91 Å². The van der Waals surface area contributed by atoms with Gasteiger partial charge in [-0.25, -0.2) is 0 Å². The van der Waals surface area contributed by atoms with Gasteiger partial charge in [0, 0.05) is 24.2 Å². The molecule has 4 heteroatoms. The number of rotatable bonds is 5. The lowest BCUT2D eigenvalue weighted by Crippen LogP contribution is -2.38. The number of nitrogens with one attached hydrogen (secondary N) is 1. The van der Waals surface area contributed by atoms with Crippen molar-refractivity contribution in [1.29, 1.82) is 0 Å². The Morgan fingerprint density at radius 3 is 2.68 bits per heavy atom. The Labute approximate surface area is 115 Å². The molecule has 0 aromatic heterocycles. The van der Waals surface area contributed by atoms with Crippen LogP contribution in [0, 0.1) is 5.41 Å². The molecule has 0 fully saturated rings. The lowest BCUT2D eigenvalue weighted by molar-refractivity contribution is -0.117. The van der Waals surface area contributed by atoms with E-state index < -0.39 is 0 Å². The van der Waals surface area contributed by atoms with E-state index in [1.165, 1.54) is 0 Å². The van der Waals surface area contributed by atoms with Crippen molar-refractivity contribution in [3.63, 3.8) is 0 Å². The van der Waals surface area contributed by atoms with Gasteiger partial charge >= 0.3 is 0 Å². The zero-order valence-electron chi connectivity index (χ0n) is 12.2. The van der Waals surface area contributed by atoms with Gasteiger partial charge in [-0.3, -0.25) is 4.79 Å². The molecule has 0 saturated carbocycles. The maximum atomic E-state index is 11.9. The van der Waals surface area contributed by atoms with E-state index in [2.05, 4.69) is 5.32 Å². The van der Waals surface area contributed by atoms with E-state index in [1.54, 1.807) is 0 Å². The largest absolute Gasteiger partial charge is 0.494 e. The van der Waals surface area contributed by atoms with E-state index in [9.17, 15) is 4.79 Å². The summed E-state index contributed by atoms with van der Waals surface area (Å²) in [5.74, 6) is 0.677. The molecular formula is C15H24N2O2. The molecule has 0 saturated heterocycles. The lowest BCUT2D eigenvalue weighted by atomic mass is 9.85. The Balaban J connectivity index is 2.59. The fourth-order valence-corrected chi connectivity index (χ4v) is 1.55. The molecule has 1 aromatic rings. The minimum absolute atomic E-state index is 0.0731. The summed E-state index contributed by atoms with van der Waals surface area (Å²) in [5, 5.41) is 2.84. The zero-order chi connectivity index (χ0) is 14.5. The highest BCUT2D eigenvalue weighted by Crippen LogP contribution is 2.21. The van der Waals surface area contributed by atoms with Crippen molar-refractivity contribution in [1.82, 2.24) is 0 Å². The number of anilines is 1. The van der Waals surface area contributed by atoms with E-state index >= 15 is 0 Å². The second-order valence-corrected chi connectivity index (χ2v) is 5.69. The summed E-state index contributed by atoms with van der Waals surface area (Å²) in [6.07, 6.45) is 0.308. The smallest absolute Gasteiger partial charge is 0.225 e. The van der Waals surface area contributed by atoms with Gasteiger partial charge in [-0.2, -0.15) is 0 Å². The fraction of sp³-hybridized carbons (Fsp3) is 0.533. The van der Waals surface area contributed by atoms with Gasteiger partial charge in [0.25, 0.3) is 0 Å². The van der Waals surface area contributed by atoms with E-state index in [1.807, 2.05) is 52.0 Å². The second-order valence-electron chi connectivity index (χ2n) is 5.69. The maximum absolute atomic E-state index is 11.9. The number of benzene rings is 1. The molecule has 106 valence electrons. The van der Waals surface area contributed by atoms with Crippen molar-refractivity contribution in [3.8, 4) is 5.75 Å². The summed E-state index contributed by atoms with van der Waals surface area (Å²) in [5.41, 5.74) is 6.65. The van der Waals surface area contributed by atoms with Crippen LogP contribution in [-0.2, 0) is 4.79 Å². The Kier molecular flexibility index (Phi) is 5.36. The summed E-state index contributed by atoms with van der Waals surface area (Å²) < 4.78 is 5.39. The highest BCUT2D eigenvalue weighted by atomic mass is 16.5. The molecule has 1 rings (SSSR count). The highest BCUT2D eigenvalue weighted by Gasteiger charge is 2.23. The van der Waals surface area contributed by atoms with Gasteiger partial charge in [0.05, 0.1) is 6.61 Å². The van der Waals surface area contributed by atoms with Crippen LogP contribution in [0.5, 0.6) is 5.75 Å². The van der Waals surface area contributed by atoms with E-state index in [0.717, 1.165) is 11.4 Å². The quantitative estimate of drug-likeness (QED) is 0.859. The third kappa shape index (κ3) is 5.30. The number of carbonyl (C=O) groups is 1. The van der Waals surface area contributed by atoms with E-state index in [-0.39, 0.29) is 17.4 Å². The lowest BCUT2D eigenvalue weighted by Gasteiger charge is -2.26. The Bertz CT molecular complexity index is 424. The molecule has 0 aliphatic carbocycles. The summed E-state index contributed by atoms with van der Waals surface area (Å²) in [7, 11) is 0. The molecule has 1 unspecified atom stereocenters. The molecule has 0 aliphatic heterocycles. The third-order valence-electron chi connectivity index (χ3n) is 2.95. The van der Waals surface area contributed by atoms with Gasteiger partial charge in [0.15, 0.2) is 0 Å². The molecule has 1 aromatic carbocycles. The number of amides is 1. The van der Waals surface area contributed by atoms with Crippen LogP contribution in [0.3, 0.4) is 0 Å². The molecule has 4 nitrogen and oxygen atoms in total. The Morgan fingerprint density at radius 1 is 1.42 bits per heavy atom. The minimum atomic E-state index is -0.164. The molecule has 0 radical (unpaired) electrons. The molecule has 1 amide bonds. The van der Waals surface area contributed by atoms with Gasteiger partial charge in [-0.05, 0) is 24.5 Å². The predicted molar refractivity (Wildman–Crippen MR) is 78.3 cm³/mol. The van der Waals surface area contributed by atoms with Crippen LogP contribution in [0.1, 0.15) is 34.1 Å². The maximum Gasteiger partial charge on any atom is 0.225 e. The van der Waals surface area contributed by atoms with Crippen LogP contribution < -0.4 is 15.8 Å². The zero-order valence-corrected chi connectivity index (χ0v) is 12.2. The van der Waals surface area contributed by atoms with Crippen molar-refractivity contribution in [2.24, 2.45) is 11.1 Å². The first kappa shape index (κ1) is 15.5. The van der Waals surface area contributed by atoms with E-state index in [0.29, 0.717) is 13.0 Å². The molecule has 19 heavy (non-hydrogen) atoms. The van der Waals surface area contributed by atoms with Crippen LogP contribution in [0.15, 0.2) is 24.3 Å². The van der Waals surface area contributed by atoms with Gasteiger partial charge in [-0.1, -0.05) is 26.8 Å². The van der Waals surface area contributed by atoms with Crippen molar-refractivity contribution < 1.29 is 9.53 Å². The molecule has 0 aliphatic rings. The normalized spacial score (nSPS) is 12.9. The number of hydrogen-bond donors (Lipinski definition) is 2. The SMILES string of the molecule is CCOc1cccc(NC(=O)CC(N)C(C)(C)C)c1. The summed E-state index contributed by atoms with van der Waals surface area (Å²) in [6.45, 7) is 8.61. The topological polar surface area (TPSA) is 64.3 Å². The van der Waals surface area contributed by atoms with Crippen molar-refractivity contribution in [2.75, 3.05) is 11.9 Å². The van der Waals surface area contributed by atoms with Crippen LogP contribution in [-0.4, -0.2) is 18.6 Å². The van der Waals surface area contributed by atoms with Gasteiger partial charge < -0.3 is 15.8 Å². The first-order valence-corrected chi connectivity index (χ1v) is 6.61. The first-order valence-electron chi connectivity index (χ1n) is 6.61. The molecule has 3 N–H and O–H groups in total. The van der Waals surface area contributed by atoms with Crippen LogP contribution in [0.2, 0.25) is 0 Å². The third-order valence-corrected chi connectivity index (χ3v) is 2.95. The first-order chi connectivity index (χ1) is 8.82. The number of carbonyl (C=O) groups excluding carboxylic acids is 1. The summed E-state index contributed by atoms with van der Waals surface area (Å²) in [6, 6.07) is 7.19. The standard InChI is InChI=1S/C15H24N2O2/c1-5-19-12-8-6-7-11(9-12)17-14(18)10-13(16)15(2,3)4/h6-9,13H,5,10,16H2,1-4H3,(H,17,18). The molecule has 0 bridgehead atoms. The molecule has 0 spiro atoms. The summed E-state index contributed by atoms with van der Waals surface area (Å²) in [4.78, 5) is 11.9. The van der Waals surface area contributed by atoms with Crippen LogP contribution in [0.25, 0.3) is 0 Å². The summed E-state index contributed by atoms with van der Waals surface area (Å²) >= 11 is 0. The van der Waals surface area contributed by atoms with Gasteiger partial charge in [-0.15, -0.1) is 0 Å². The minimum Gasteiger partial charge on any atom is -0.494 e. The average molecular weight is 264 g/mol. The monoisotopic (exact) mass is 264 g/mol. The van der Waals surface area contributed by atoms with Crippen LogP contribution in [0.4, 0.5) is 5.69 Å². The molecular weight excluding hydrogens is 240 g/mol. The predicted octanol–water partition coefficient (Wildman–Crippen LogP) is 2.79. The molecule has 1 atom stereocenters. The van der Waals surface area contributed by atoms with Crippen molar-refractivity contribution in [2.45, 2.75) is 40.2 Å². The Morgan fingerprint density at radius 2 is 2.11 bits per heavy atom.